The first-order valence-corrected chi connectivity index (χ1v) is 7.47. The van der Waals surface area contributed by atoms with E-state index in [1.54, 1.807) is 0 Å². The van der Waals surface area contributed by atoms with Gasteiger partial charge in [0.2, 0.25) is 0 Å². The second-order valence-electron chi connectivity index (χ2n) is 6.89. The molecule has 1 fully saturated rings. The molecule has 1 aromatic rings. The molecule has 2 heteroatoms. The van der Waals surface area contributed by atoms with Crippen molar-refractivity contribution in [3.63, 3.8) is 0 Å². The van der Waals surface area contributed by atoms with E-state index in [2.05, 4.69) is 62.2 Å². The molecule has 0 spiro atoms. The van der Waals surface area contributed by atoms with Crippen molar-refractivity contribution in [3.05, 3.63) is 35.4 Å². The van der Waals surface area contributed by atoms with Crippen molar-refractivity contribution >= 4 is 0 Å². The molecule has 1 aliphatic rings. The molecule has 1 aliphatic heterocycles. The Morgan fingerprint density at radius 1 is 1.26 bits per heavy atom. The molecule has 2 nitrogen and oxygen atoms in total. The van der Waals surface area contributed by atoms with Crippen LogP contribution in [0.2, 0.25) is 0 Å². The lowest BCUT2D eigenvalue weighted by Gasteiger charge is -2.33. The van der Waals surface area contributed by atoms with Crippen LogP contribution in [0.3, 0.4) is 0 Å². The SMILES string of the molecule is Cc1ccccc1CN1CCCNC(C(C)(C)C)C1. The third kappa shape index (κ3) is 4.05. The van der Waals surface area contributed by atoms with E-state index in [1.807, 2.05) is 0 Å². The number of nitrogens with one attached hydrogen (secondary N) is 1. The fourth-order valence-electron chi connectivity index (χ4n) is 2.75. The summed E-state index contributed by atoms with van der Waals surface area (Å²) in [5, 5.41) is 3.71. The van der Waals surface area contributed by atoms with Gasteiger partial charge in [0.1, 0.15) is 0 Å². The maximum atomic E-state index is 3.71. The Bertz CT molecular complexity index is 406. The van der Waals surface area contributed by atoms with Crippen LogP contribution < -0.4 is 5.32 Å². The fraction of sp³-hybridized carbons (Fsp3) is 0.647. The zero-order valence-corrected chi connectivity index (χ0v) is 12.9. The summed E-state index contributed by atoms with van der Waals surface area (Å²) < 4.78 is 0. The highest BCUT2D eigenvalue weighted by molar-refractivity contribution is 5.25. The summed E-state index contributed by atoms with van der Waals surface area (Å²) in [7, 11) is 0. The summed E-state index contributed by atoms with van der Waals surface area (Å²) in [6.45, 7) is 13.8. The van der Waals surface area contributed by atoms with E-state index in [9.17, 15) is 0 Å². The summed E-state index contributed by atoms with van der Waals surface area (Å²) >= 11 is 0. The second kappa shape index (κ2) is 6.06. The van der Waals surface area contributed by atoms with E-state index < -0.39 is 0 Å². The zero-order valence-electron chi connectivity index (χ0n) is 12.9. The molecule has 1 heterocycles. The minimum absolute atomic E-state index is 0.328. The number of hydrogen-bond acceptors (Lipinski definition) is 2. The standard InChI is InChI=1S/C17H28N2/c1-14-8-5-6-9-15(14)12-19-11-7-10-18-16(13-19)17(2,3)4/h5-6,8-9,16,18H,7,10-13H2,1-4H3. The van der Waals surface area contributed by atoms with Crippen molar-refractivity contribution in [3.8, 4) is 0 Å². The summed E-state index contributed by atoms with van der Waals surface area (Å²) in [5.41, 5.74) is 3.21. The molecule has 1 unspecified atom stereocenters. The van der Waals surface area contributed by atoms with Gasteiger partial charge in [-0.1, -0.05) is 45.0 Å². The molecular weight excluding hydrogens is 232 g/mol. The number of aryl methyl sites for hydroxylation is 1. The summed E-state index contributed by atoms with van der Waals surface area (Å²) in [6.07, 6.45) is 1.25. The van der Waals surface area contributed by atoms with Gasteiger partial charge in [-0.3, -0.25) is 4.90 Å². The Balaban J connectivity index is 2.05. The summed E-state index contributed by atoms with van der Waals surface area (Å²) in [4.78, 5) is 2.61. The van der Waals surface area contributed by atoms with Crippen molar-refractivity contribution in [2.45, 2.75) is 46.7 Å². The molecule has 0 amide bonds. The highest BCUT2D eigenvalue weighted by atomic mass is 15.2. The number of nitrogens with zero attached hydrogens (tertiary/aromatic N) is 1. The number of rotatable bonds is 2. The zero-order chi connectivity index (χ0) is 13.9. The maximum absolute atomic E-state index is 3.71. The Morgan fingerprint density at radius 2 is 2.00 bits per heavy atom. The van der Waals surface area contributed by atoms with Crippen LogP contribution in [0.1, 0.15) is 38.3 Å². The van der Waals surface area contributed by atoms with Crippen LogP contribution in [0.5, 0.6) is 0 Å². The first kappa shape index (κ1) is 14.5. The minimum atomic E-state index is 0.328. The van der Waals surface area contributed by atoms with E-state index in [1.165, 1.54) is 24.1 Å². The molecule has 1 saturated heterocycles. The largest absolute Gasteiger partial charge is 0.312 e. The predicted molar refractivity (Wildman–Crippen MR) is 82.3 cm³/mol. The van der Waals surface area contributed by atoms with Gasteiger partial charge in [-0.05, 0) is 43.0 Å². The van der Waals surface area contributed by atoms with Crippen LogP contribution >= 0.6 is 0 Å². The smallest absolute Gasteiger partial charge is 0.0243 e. The van der Waals surface area contributed by atoms with Crippen LogP contribution in [-0.2, 0) is 6.54 Å². The summed E-state index contributed by atoms with van der Waals surface area (Å²) in [5.74, 6) is 0. The van der Waals surface area contributed by atoms with Gasteiger partial charge < -0.3 is 5.32 Å². The summed E-state index contributed by atoms with van der Waals surface area (Å²) in [6, 6.07) is 9.34. The minimum Gasteiger partial charge on any atom is -0.312 e. The van der Waals surface area contributed by atoms with Crippen molar-refractivity contribution < 1.29 is 0 Å². The van der Waals surface area contributed by atoms with E-state index in [0.717, 1.165) is 19.6 Å². The van der Waals surface area contributed by atoms with Crippen LogP contribution in [0.15, 0.2) is 24.3 Å². The van der Waals surface area contributed by atoms with Gasteiger partial charge in [-0.25, -0.2) is 0 Å². The third-order valence-electron chi connectivity index (χ3n) is 4.18. The molecule has 1 aromatic carbocycles. The van der Waals surface area contributed by atoms with Crippen LogP contribution in [0, 0.1) is 12.3 Å². The lowest BCUT2D eigenvalue weighted by molar-refractivity contribution is 0.192. The molecule has 1 N–H and O–H groups in total. The van der Waals surface area contributed by atoms with Crippen molar-refractivity contribution in [2.75, 3.05) is 19.6 Å². The third-order valence-corrected chi connectivity index (χ3v) is 4.18. The predicted octanol–water partition coefficient (Wildman–Crippen LogP) is 3.21. The molecule has 0 aliphatic carbocycles. The van der Waals surface area contributed by atoms with Crippen molar-refractivity contribution in [1.29, 1.82) is 0 Å². The Kier molecular flexibility index (Phi) is 4.64. The van der Waals surface area contributed by atoms with Gasteiger partial charge in [0.15, 0.2) is 0 Å². The van der Waals surface area contributed by atoms with Crippen LogP contribution in [0.25, 0.3) is 0 Å². The molecule has 0 bridgehead atoms. The molecule has 0 saturated carbocycles. The Hall–Kier alpha value is -0.860. The van der Waals surface area contributed by atoms with Gasteiger partial charge in [-0.2, -0.15) is 0 Å². The van der Waals surface area contributed by atoms with Gasteiger partial charge in [-0.15, -0.1) is 0 Å². The first-order valence-electron chi connectivity index (χ1n) is 7.47. The molecular formula is C17H28N2. The normalized spacial score (nSPS) is 22.2. The van der Waals surface area contributed by atoms with Gasteiger partial charge in [0.25, 0.3) is 0 Å². The highest BCUT2D eigenvalue weighted by Gasteiger charge is 2.27. The van der Waals surface area contributed by atoms with E-state index in [-0.39, 0.29) is 0 Å². The maximum Gasteiger partial charge on any atom is 0.0243 e. The molecule has 19 heavy (non-hydrogen) atoms. The Labute approximate surface area is 118 Å². The first-order chi connectivity index (χ1) is 8.97. The average Bonchev–Trinajstić information content (AvgIpc) is 2.57. The van der Waals surface area contributed by atoms with Gasteiger partial charge in [0.05, 0.1) is 0 Å². The van der Waals surface area contributed by atoms with E-state index in [0.29, 0.717) is 11.5 Å². The van der Waals surface area contributed by atoms with E-state index in [4.69, 9.17) is 0 Å². The van der Waals surface area contributed by atoms with Crippen molar-refractivity contribution in [2.24, 2.45) is 5.41 Å². The molecule has 0 aromatic heterocycles. The molecule has 0 radical (unpaired) electrons. The topological polar surface area (TPSA) is 15.3 Å². The van der Waals surface area contributed by atoms with Gasteiger partial charge >= 0.3 is 0 Å². The average molecular weight is 260 g/mol. The molecule has 106 valence electrons. The van der Waals surface area contributed by atoms with Crippen LogP contribution in [-0.4, -0.2) is 30.6 Å². The molecule has 1 atom stereocenters. The Morgan fingerprint density at radius 3 is 2.68 bits per heavy atom. The fourth-order valence-corrected chi connectivity index (χ4v) is 2.75. The molecule has 2 rings (SSSR count). The lowest BCUT2D eigenvalue weighted by Crippen LogP contribution is -2.46. The van der Waals surface area contributed by atoms with Gasteiger partial charge in [0, 0.05) is 19.1 Å². The van der Waals surface area contributed by atoms with Crippen LogP contribution in [0.4, 0.5) is 0 Å². The highest BCUT2D eigenvalue weighted by Crippen LogP contribution is 2.22. The van der Waals surface area contributed by atoms with E-state index >= 15 is 0 Å². The second-order valence-corrected chi connectivity index (χ2v) is 6.89. The number of hydrogen-bond donors (Lipinski definition) is 1. The van der Waals surface area contributed by atoms with Crippen molar-refractivity contribution in [1.82, 2.24) is 10.2 Å². The quantitative estimate of drug-likeness (QED) is 0.878. The monoisotopic (exact) mass is 260 g/mol. The lowest BCUT2D eigenvalue weighted by atomic mass is 9.86. The number of benzene rings is 1.